The van der Waals surface area contributed by atoms with Crippen molar-refractivity contribution in [1.29, 1.82) is 0 Å². The van der Waals surface area contributed by atoms with E-state index in [-0.39, 0.29) is 35.5 Å². The van der Waals surface area contributed by atoms with E-state index in [1.165, 1.54) is 19.3 Å². The molecule has 30 heavy (non-hydrogen) atoms. The number of aldehydes is 1. The van der Waals surface area contributed by atoms with Crippen LogP contribution in [0.4, 0.5) is 23.2 Å². The van der Waals surface area contributed by atoms with Crippen LogP contribution in [0.5, 0.6) is 5.75 Å². The monoisotopic (exact) mass is 423 g/mol. The van der Waals surface area contributed by atoms with Gasteiger partial charge in [-0.1, -0.05) is 12.2 Å². The molecule has 160 valence electrons. The molecule has 2 heterocycles. The van der Waals surface area contributed by atoms with E-state index in [1.54, 1.807) is 17.0 Å². The Morgan fingerprint density at radius 2 is 1.97 bits per heavy atom. The average molecular weight is 423 g/mol. The number of hydrogen-bond acceptors (Lipinski definition) is 4. The number of methoxy groups -OCH3 is 1. The SMILES string of the molecule is COc1c(N2CC=CC=C2C(F)(F)F)cc2cn(C3CCC(C=O)CC3)nc2c1F. The van der Waals surface area contributed by atoms with Crippen LogP contribution in [0.2, 0.25) is 0 Å². The number of benzene rings is 1. The second-order valence-corrected chi connectivity index (χ2v) is 7.58. The van der Waals surface area contributed by atoms with Crippen molar-refractivity contribution in [3.8, 4) is 5.75 Å². The smallest absolute Gasteiger partial charge is 0.431 e. The number of fused-ring (bicyclic) bond motifs is 1. The molecule has 1 aromatic carbocycles. The third kappa shape index (κ3) is 3.57. The summed E-state index contributed by atoms with van der Waals surface area (Å²) < 4.78 is 62.6. The van der Waals surface area contributed by atoms with Gasteiger partial charge in [-0.2, -0.15) is 18.3 Å². The van der Waals surface area contributed by atoms with Gasteiger partial charge in [-0.3, -0.25) is 4.68 Å². The Balaban J connectivity index is 1.76. The number of carbonyl (C=O) groups excluding carboxylic acids is 1. The van der Waals surface area contributed by atoms with Crippen molar-refractivity contribution < 1.29 is 27.1 Å². The van der Waals surface area contributed by atoms with Crippen LogP contribution in [-0.4, -0.2) is 35.9 Å². The Morgan fingerprint density at radius 1 is 1.23 bits per heavy atom. The Hall–Kier alpha value is -2.84. The van der Waals surface area contributed by atoms with E-state index in [9.17, 15) is 18.0 Å². The van der Waals surface area contributed by atoms with Gasteiger partial charge in [-0.25, -0.2) is 4.39 Å². The zero-order valence-corrected chi connectivity index (χ0v) is 16.3. The van der Waals surface area contributed by atoms with Gasteiger partial charge in [0, 0.05) is 24.0 Å². The molecule has 0 atom stereocenters. The van der Waals surface area contributed by atoms with Gasteiger partial charge in [0.25, 0.3) is 0 Å². The number of alkyl halides is 3. The third-order valence-corrected chi connectivity index (χ3v) is 5.75. The highest BCUT2D eigenvalue weighted by Crippen LogP contribution is 2.42. The van der Waals surface area contributed by atoms with Crippen molar-refractivity contribution >= 4 is 22.9 Å². The first-order valence-corrected chi connectivity index (χ1v) is 9.75. The van der Waals surface area contributed by atoms with Crippen molar-refractivity contribution in [2.75, 3.05) is 18.6 Å². The number of ether oxygens (including phenoxy) is 1. The van der Waals surface area contributed by atoms with Crippen molar-refractivity contribution in [2.24, 2.45) is 5.92 Å². The molecule has 5 nitrogen and oxygen atoms in total. The lowest BCUT2D eigenvalue weighted by Gasteiger charge is -2.30. The molecule has 0 N–H and O–H groups in total. The Labute approximate surface area is 170 Å². The van der Waals surface area contributed by atoms with E-state index < -0.39 is 17.7 Å². The van der Waals surface area contributed by atoms with Gasteiger partial charge in [-0.15, -0.1) is 0 Å². The molecule has 1 aliphatic carbocycles. The number of allylic oxidation sites excluding steroid dienone is 3. The van der Waals surface area contributed by atoms with Crippen molar-refractivity contribution in [3.05, 3.63) is 42.0 Å². The predicted octanol–water partition coefficient (Wildman–Crippen LogP) is 4.94. The highest BCUT2D eigenvalue weighted by atomic mass is 19.4. The number of anilines is 1. The maximum absolute atomic E-state index is 15.2. The van der Waals surface area contributed by atoms with Crippen molar-refractivity contribution in [1.82, 2.24) is 9.78 Å². The molecule has 0 radical (unpaired) electrons. The van der Waals surface area contributed by atoms with Crippen LogP contribution >= 0.6 is 0 Å². The van der Waals surface area contributed by atoms with Crippen LogP contribution in [-0.2, 0) is 4.79 Å². The number of aromatic nitrogens is 2. The standard InChI is InChI=1S/C21H21F4N3O2/c1-30-20-16(27-9-3-2-4-17(27)21(23,24)25)10-14-11-28(26-19(14)18(20)22)15-7-5-13(12-29)6-8-15/h2-4,10-13,15H,5-9H2,1H3. The quantitative estimate of drug-likeness (QED) is 0.517. The highest BCUT2D eigenvalue weighted by Gasteiger charge is 2.40. The molecule has 0 spiro atoms. The molecule has 1 aliphatic heterocycles. The minimum Gasteiger partial charge on any atom is -0.491 e. The molecule has 0 bridgehead atoms. The number of carbonyl (C=O) groups is 1. The summed E-state index contributed by atoms with van der Waals surface area (Å²) in [5, 5.41) is 4.75. The summed E-state index contributed by atoms with van der Waals surface area (Å²) in [6.07, 6.45) is 4.82. The van der Waals surface area contributed by atoms with E-state index in [0.717, 1.165) is 42.9 Å². The van der Waals surface area contributed by atoms with Gasteiger partial charge in [0.05, 0.1) is 18.8 Å². The summed E-state index contributed by atoms with van der Waals surface area (Å²) in [6.45, 7) is -0.0590. The summed E-state index contributed by atoms with van der Waals surface area (Å²) in [4.78, 5) is 12.0. The summed E-state index contributed by atoms with van der Waals surface area (Å²) in [5.74, 6) is -1.03. The van der Waals surface area contributed by atoms with Crippen LogP contribution in [0.15, 0.2) is 36.2 Å². The molecule has 2 aromatic rings. The lowest BCUT2D eigenvalue weighted by atomic mass is 9.87. The first kappa shape index (κ1) is 20.4. The van der Waals surface area contributed by atoms with Crippen LogP contribution in [0.25, 0.3) is 10.9 Å². The summed E-state index contributed by atoms with van der Waals surface area (Å²) in [6, 6.07) is 1.50. The molecule has 9 heteroatoms. The normalized spacial score (nSPS) is 22.3. The minimum absolute atomic E-state index is 0.000335. The maximum Gasteiger partial charge on any atom is 0.431 e. The fourth-order valence-corrected chi connectivity index (χ4v) is 4.19. The minimum atomic E-state index is -4.59. The van der Waals surface area contributed by atoms with Crippen LogP contribution in [0.1, 0.15) is 31.7 Å². The number of halogens is 4. The topological polar surface area (TPSA) is 47.4 Å². The second-order valence-electron chi connectivity index (χ2n) is 7.58. The predicted molar refractivity (Wildman–Crippen MR) is 104 cm³/mol. The van der Waals surface area contributed by atoms with E-state index in [4.69, 9.17) is 4.74 Å². The van der Waals surface area contributed by atoms with Gasteiger partial charge in [-0.05, 0) is 37.8 Å². The van der Waals surface area contributed by atoms with Gasteiger partial charge in [0.1, 0.15) is 17.5 Å². The van der Waals surface area contributed by atoms with E-state index in [0.29, 0.717) is 5.39 Å². The zero-order valence-electron chi connectivity index (χ0n) is 16.3. The maximum atomic E-state index is 15.2. The first-order chi connectivity index (χ1) is 14.3. The number of nitrogens with zero attached hydrogens (tertiary/aromatic N) is 3. The van der Waals surface area contributed by atoms with E-state index in [1.807, 2.05) is 0 Å². The molecule has 4 rings (SSSR count). The van der Waals surface area contributed by atoms with Crippen molar-refractivity contribution in [3.63, 3.8) is 0 Å². The molecule has 1 saturated carbocycles. The lowest BCUT2D eigenvalue weighted by Crippen LogP contribution is -2.33. The lowest BCUT2D eigenvalue weighted by molar-refractivity contribution is -0.112. The molecule has 2 aliphatic rings. The average Bonchev–Trinajstić information content (AvgIpc) is 3.18. The summed E-state index contributed by atoms with van der Waals surface area (Å²) in [7, 11) is 1.22. The van der Waals surface area contributed by atoms with Gasteiger partial charge < -0.3 is 14.4 Å². The largest absolute Gasteiger partial charge is 0.491 e. The van der Waals surface area contributed by atoms with E-state index >= 15 is 4.39 Å². The van der Waals surface area contributed by atoms with Crippen LogP contribution in [0.3, 0.4) is 0 Å². The Morgan fingerprint density at radius 3 is 2.60 bits per heavy atom. The number of hydrogen-bond donors (Lipinski definition) is 0. The third-order valence-electron chi connectivity index (χ3n) is 5.75. The second kappa shape index (κ2) is 7.77. The summed E-state index contributed by atoms with van der Waals surface area (Å²) in [5.41, 5.74) is -0.834. The highest BCUT2D eigenvalue weighted by molar-refractivity contribution is 5.87. The summed E-state index contributed by atoms with van der Waals surface area (Å²) >= 11 is 0. The van der Waals surface area contributed by atoms with Gasteiger partial charge >= 0.3 is 6.18 Å². The molecule has 0 unspecified atom stereocenters. The van der Waals surface area contributed by atoms with E-state index in [2.05, 4.69) is 5.10 Å². The Kier molecular flexibility index (Phi) is 5.29. The van der Waals surface area contributed by atoms with Gasteiger partial charge in [0.2, 0.25) is 0 Å². The van der Waals surface area contributed by atoms with Crippen LogP contribution in [0, 0.1) is 11.7 Å². The Bertz CT molecular complexity index is 1020. The van der Waals surface area contributed by atoms with Crippen LogP contribution < -0.4 is 9.64 Å². The first-order valence-electron chi connectivity index (χ1n) is 9.75. The molecular formula is C21H21F4N3O2. The number of rotatable bonds is 4. The van der Waals surface area contributed by atoms with Crippen molar-refractivity contribution in [2.45, 2.75) is 37.9 Å². The fourth-order valence-electron chi connectivity index (χ4n) is 4.19. The molecule has 1 fully saturated rings. The molecular weight excluding hydrogens is 402 g/mol. The van der Waals surface area contributed by atoms with Gasteiger partial charge in [0.15, 0.2) is 11.6 Å². The molecule has 1 aromatic heterocycles. The molecule has 0 saturated heterocycles. The molecule has 0 amide bonds. The fraction of sp³-hybridized carbons (Fsp3) is 0.429. The zero-order chi connectivity index (χ0) is 21.5.